The number of aliphatic hydroxyl groups is 1. The summed E-state index contributed by atoms with van der Waals surface area (Å²) in [4.78, 5) is 24.8. The van der Waals surface area contributed by atoms with Gasteiger partial charge in [-0.15, -0.1) is 0 Å². The van der Waals surface area contributed by atoms with Crippen molar-refractivity contribution in [2.45, 2.75) is 81.3 Å². The molecule has 0 aromatic carbocycles. The third-order valence-electron chi connectivity index (χ3n) is 6.71. The number of fused-ring (bicyclic) bond motifs is 7. The van der Waals surface area contributed by atoms with Gasteiger partial charge in [0.25, 0.3) is 0 Å². The maximum atomic E-state index is 12.6. The van der Waals surface area contributed by atoms with E-state index in [1.165, 1.54) is 0 Å². The molecule has 0 amide bonds. The topological polar surface area (TPSA) is 91.3 Å². The van der Waals surface area contributed by atoms with Crippen molar-refractivity contribution in [2.24, 2.45) is 5.92 Å². The Morgan fingerprint density at radius 3 is 2.81 bits per heavy atom. The molecule has 5 aliphatic heterocycles. The number of allylic oxidation sites excluding steroid dienone is 1. The lowest BCUT2D eigenvalue weighted by atomic mass is 9.81. The molecule has 7 nitrogen and oxygen atoms in total. The van der Waals surface area contributed by atoms with Crippen LogP contribution in [0.3, 0.4) is 0 Å². The van der Waals surface area contributed by atoms with Gasteiger partial charge in [0, 0.05) is 25.7 Å². The summed E-state index contributed by atoms with van der Waals surface area (Å²) in [6, 6.07) is 0. The molecule has 4 saturated heterocycles. The fourth-order valence-corrected chi connectivity index (χ4v) is 5.30. The minimum absolute atomic E-state index is 0.0118. The predicted molar refractivity (Wildman–Crippen MR) is 87.0 cm³/mol. The first-order valence-electron chi connectivity index (χ1n) is 9.35. The average molecular weight is 364 g/mol. The van der Waals surface area contributed by atoms with E-state index in [1.54, 1.807) is 6.08 Å². The zero-order chi connectivity index (χ0) is 18.3. The maximum absolute atomic E-state index is 12.6. The summed E-state index contributed by atoms with van der Waals surface area (Å²) < 4.78 is 23.7. The first-order valence-corrected chi connectivity index (χ1v) is 9.35. The zero-order valence-electron chi connectivity index (χ0n) is 15.0. The van der Waals surface area contributed by atoms with Gasteiger partial charge in [-0.2, -0.15) is 0 Å². The number of esters is 1. The molecule has 7 atom stereocenters. The van der Waals surface area contributed by atoms with Gasteiger partial charge < -0.3 is 24.1 Å². The summed E-state index contributed by atoms with van der Waals surface area (Å²) >= 11 is 0. The van der Waals surface area contributed by atoms with Crippen LogP contribution in [0.25, 0.3) is 0 Å². The van der Waals surface area contributed by atoms with Crippen LogP contribution < -0.4 is 0 Å². The highest BCUT2D eigenvalue weighted by Gasteiger charge is 2.62. The summed E-state index contributed by atoms with van der Waals surface area (Å²) in [5.41, 5.74) is -0.924. The molecule has 5 rings (SSSR count). The fraction of sp³-hybridized carbons (Fsp3) is 0.789. The second-order valence-electron chi connectivity index (χ2n) is 8.91. The number of carbonyl (C=O) groups is 2. The monoisotopic (exact) mass is 364 g/mol. The van der Waals surface area contributed by atoms with Crippen molar-refractivity contribution in [1.82, 2.24) is 0 Å². The summed E-state index contributed by atoms with van der Waals surface area (Å²) in [6.07, 6.45) is 1.68. The molecule has 26 heavy (non-hydrogen) atoms. The number of Topliss-reactive ketones (excluding diaryl/α,β-unsaturated/α-hetero) is 1. The maximum Gasteiger partial charge on any atom is 0.336 e. The quantitative estimate of drug-likeness (QED) is 0.642. The third-order valence-corrected chi connectivity index (χ3v) is 6.71. The lowest BCUT2D eigenvalue weighted by Crippen LogP contribution is -2.39. The van der Waals surface area contributed by atoms with E-state index in [0.717, 1.165) is 0 Å². The number of aliphatic hydroxyl groups excluding tert-OH is 1. The minimum atomic E-state index is -0.990. The molecular weight excluding hydrogens is 340 g/mol. The zero-order valence-corrected chi connectivity index (χ0v) is 15.0. The second-order valence-corrected chi connectivity index (χ2v) is 8.91. The van der Waals surface area contributed by atoms with Crippen LogP contribution in [-0.2, 0) is 28.5 Å². The Bertz CT molecular complexity index is 717. The van der Waals surface area contributed by atoms with Crippen molar-refractivity contribution < 1.29 is 33.6 Å². The smallest absolute Gasteiger partial charge is 0.336 e. The molecule has 4 fully saturated rings. The number of ketones is 1. The summed E-state index contributed by atoms with van der Waals surface area (Å²) in [5.74, 6) is -1.12. The summed E-state index contributed by atoms with van der Waals surface area (Å²) in [7, 11) is 0. The normalized spacial score (nSPS) is 55.0. The molecule has 7 heteroatoms. The van der Waals surface area contributed by atoms with E-state index in [9.17, 15) is 14.7 Å². The molecule has 1 N–H and O–H groups in total. The second kappa shape index (κ2) is 5.16. The molecular formula is C19H24O7. The van der Waals surface area contributed by atoms with E-state index in [1.807, 2.05) is 13.8 Å². The first kappa shape index (κ1) is 16.9. The van der Waals surface area contributed by atoms with E-state index >= 15 is 0 Å². The standard InChI is InChI=1S/C19H24O7/c1-17-6-12(20)13(25-17)8-19-5-10(18(2,26-19)9-23-19)3-4-11-15(21)14(7-17)24-16(11)22/h4,10,13-15,21H,3,5-9H2,1-2H3/b11-4-/t10-,13-,14+,15-,17+,18+,19-/m0/s1. The van der Waals surface area contributed by atoms with Crippen molar-refractivity contribution in [3.8, 4) is 0 Å². The van der Waals surface area contributed by atoms with Gasteiger partial charge in [-0.25, -0.2) is 4.79 Å². The Morgan fingerprint density at radius 2 is 2.00 bits per heavy atom. The SMILES string of the molecule is C[C@@]12CC(=O)[C@H](C[C@@]34C[C@H](C/C=C5\C(=O)O[C@H](C1)[C@H]5O)[C@@](C)(CO3)O4)O2. The number of hydrogen-bond donors (Lipinski definition) is 1. The Balaban J connectivity index is 1.54. The molecule has 0 aliphatic carbocycles. The van der Waals surface area contributed by atoms with Crippen molar-refractivity contribution in [3.05, 3.63) is 11.6 Å². The van der Waals surface area contributed by atoms with Crippen molar-refractivity contribution >= 4 is 11.8 Å². The highest BCUT2D eigenvalue weighted by Crippen LogP contribution is 2.54. The van der Waals surface area contributed by atoms with Gasteiger partial charge >= 0.3 is 5.97 Å². The molecule has 0 unspecified atom stereocenters. The van der Waals surface area contributed by atoms with E-state index in [2.05, 4.69) is 0 Å². The summed E-state index contributed by atoms with van der Waals surface area (Å²) in [6.45, 7) is 4.29. The lowest BCUT2D eigenvalue weighted by Gasteiger charge is -2.31. The van der Waals surface area contributed by atoms with Gasteiger partial charge in [0.1, 0.15) is 18.3 Å². The fourth-order valence-electron chi connectivity index (χ4n) is 5.30. The van der Waals surface area contributed by atoms with Crippen LogP contribution in [0.1, 0.15) is 46.0 Å². The average Bonchev–Trinajstić information content (AvgIpc) is 3.19. The Kier molecular flexibility index (Phi) is 3.35. The number of hydrogen-bond acceptors (Lipinski definition) is 7. The van der Waals surface area contributed by atoms with Crippen LogP contribution in [0.2, 0.25) is 0 Å². The van der Waals surface area contributed by atoms with Crippen LogP contribution in [0.4, 0.5) is 0 Å². The number of rotatable bonds is 0. The molecule has 0 saturated carbocycles. The van der Waals surface area contributed by atoms with Gasteiger partial charge in [0.05, 0.1) is 23.4 Å². The van der Waals surface area contributed by atoms with E-state index in [-0.39, 0.29) is 24.5 Å². The molecule has 0 radical (unpaired) electrons. The van der Waals surface area contributed by atoms with Gasteiger partial charge in [0.15, 0.2) is 11.6 Å². The number of ether oxygens (including phenoxy) is 4. The van der Waals surface area contributed by atoms with Crippen LogP contribution in [0.15, 0.2) is 11.6 Å². The molecule has 7 bridgehead atoms. The van der Waals surface area contributed by atoms with Crippen molar-refractivity contribution in [2.75, 3.05) is 6.61 Å². The summed E-state index contributed by atoms with van der Waals surface area (Å²) in [5, 5.41) is 10.6. The third kappa shape index (κ3) is 2.34. The molecule has 142 valence electrons. The van der Waals surface area contributed by atoms with E-state index in [4.69, 9.17) is 18.9 Å². The Morgan fingerprint density at radius 1 is 1.19 bits per heavy atom. The molecule has 5 aliphatic rings. The molecule has 0 aromatic rings. The lowest BCUT2D eigenvalue weighted by molar-refractivity contribution is -0.184. The van der Waals surface area contributed by atoms with Crippen molar-refractivity contribution in [3.63, 3.8) is 0 Å². The molecule has 0 aromatic heterocycles. The molecule has 5 heterocycles. The van der Waals surface area contributed by atoms with Crippen molar-refractivity contribution in [1.29, 1.82) is 0 Å². The Labute approximate surface area is 151 Å². The van der Waals surface area contributed by atoms with Crippen LogP contribution in [0, 0.1) is 5.92 Å². The first-order chi connectivity index (χ1) is 12.2. The molecule has 1 spiro atoms. The van der Waals surface area contributed by atoms with Gasteiger partial charge in [-0.1, -0.05) is 6.08 Å². The number of carbonyl (C=O) groups excluding carboxylic acids is 2. The predicted octanol–water partition coefficient (Wildman–Crippen LogP) is 1.02. The minimum Gasteiger partial charge on any atom is -0.456 e. The van der Waals surface area contributed by atoms with Gasteiger partial charge in [-0.3, -0.25) is 4.79 Å². The van der Waals surface area contributed by atoms with Gasteiger partial charge in [0.2, 0.25) is 0 Å². The van der Waals surface area contributed by atoms with Gasteiger partial charge in [-0.05, 0) is 26.2 Å². The van der Waals surface area contributed by atoms with Crippen LogP contribution in [-0.4, -0.2) is 58.8 Å². The largest absolute Gasteiger partial charge is 0.456 e. The van der Waals surface area contributed by atoms with E-state index < -0.39 is 41.3 Å². The van der Waals surface area contributed by atoms with Crippen LogP contribution in [0.5, 0.6) is 0 Å². The highest BCUT2D eigenvalue weighted by molar-refractivity contribution is 5.92. The van der Waals surface area contributed by atoms with E-state index in [0.29, 0.717) is 31.4 Å². The Hall–Kier alpha value is -1.28. The van der Waals surface area contributed by atoms with Crippen LogP contribution >= 0.6 is 0 Å². The highest BCUT2D eigenvalue weighted by atomic mass is 16.8.